The second-order valence-corrected chi connectivity index (χ2v) is 7.39. The predicted molar refractivity (Wildman–Crippen MR) is 80.5 cm³/mol. The lowest BCUT2D eigenvalue weighted by atomic mass is 10.3. The summed E-state index contributed by atoms with van der Waals surface area (Å²) in [4.78, 5) is 11.1. The molecule has 0 heterocycles. The number of rotatable bonds is 6. The second-order valence-electron chi connectivity index (χ2n) is 4.60. The number of alkyl halides is 1. The summed E-state index contributed by atoms with van der Waals surface area (Å²) >= 11 is 5.83. The normalized spacial score (nSPS) is 13.2. The van der Waals surface area contributed by atoms with Crippen LogP contribution in [0.1, 0.15) is 20.3 Å². The number of nitrogens with zero attached hydrogens (tertiary/aromatic N) is 1. The van der Waals surface area contributed by atoms with Crippen LogP contribution in [0.15, 0.2) is 29.2 Å². The van der Waals surface area contributed by atoms with Gasteiger partial charge in [0, 0.05) is 31.6 Å². The molecule has 5 nitrogen and oxygen atoms in total. The first-order valence-electron chi connectivity index (χ1n) is 6.21. The zero-order chi connectivity index (χ0) is 15.3. The van der Waals surface area contributed by atoms with E-state index >= 15 is 0 Å². The molecule has 1 unspecified atom stereocenters. The monoisotopic (exact) mass is 318 g/mol. The molecule has 1 aromatic rings. The first-order chi connectivity index (χ1) is 9.23. The number of nitrogens with one attached hydrogen (secondary N) is 1. The number of anilines is 1. The molecular weight excluding hydrogens is 300 g/mol. The van der Waals surface area contributed by atoms with Gasteiger partial charge in [-0.1, -0.05) is 0 Å². The van der Waals surface area contributed by atoms with Gasteiger partial charge in [-0.2, -0.15) is 0 Å². The molecule has 0 aromatic heterocycles. The smallest absolute Gasteiger partial charge is 0.242 e. The second kappa shape index (κ2) is 7.06. The Bertz CT molecular complexity index is 555. The Labute approximate surface area is 125 Å². The minimum Gasteiger partial charge on any atom is -0.326 e. The maximum Gasteiger partial charge on any atom is 0.242 e. The van der Waals surface area contributed by atoms with Crippen LogP contribution in [0, 0.1) is 0 Å². The van der Waals surface area contributed by atoms with Crippen molar-refractivity contribution < 1.29 is 13.2 Å². The van der Waals surface area contributed by atoms with Gasteiger partial charge in [-0.15, -0.1) is 11.6 Å². The number of hydrogen-bond acceptors (Lipinski definition) is 3. The van der Waals surface area contributed by atoms with Crippen LogP contribution in [-0.4, -0.2) is 37.6 Å². The summed E-state index contributed by atoms with van der Waals surface area (Å²) in [6.07, 6.45) is 0.585. The fourth-order valence-corrected chi connectivity index (χ4v) is 2.86. The van der Waals surface area contributed by atoms with E-state index in [-0.39, 0.29) is 16.2 Å². The molecule has 0 saturated carbocycles. The van der Waals surface area contributed by atoms with Crippen LogP contribution in [0.5, 0.6) is 0 Å². The van der Waals surface area contributed by atoms with E-state index in [2.05, 4.69) is 5.32 Å². The summed E-state index contributed by atoms with van der Waals surface area (Å²) in [5, 5.41) is 2.51. The van der Waals surface area contributed by atoms with Crippen molar-refractivity contribution in [3.63, 3.8) is 0 Å². The summed E-state index contributed by atoms with van der Waals surface area (Å²) in [7, 11) is -1.99. The van der Waals surface area contributed by atoms with Crippen LogP contribution >= 0.6 is 11.6 Å². The Balaban J connectivity index is 2.84. The van der Waals surface area contributed by atoms with Gasteiger partial charge in [0.15, 0.2) is 0 Å². The van der Waals surface area contributed by atoms with E-state index < -0.39 is 10.0 Å². The van der Waals surface area contributed by atoms with Gasteiger partial charge in [0.05, 0.1) is 4.90 Å². The summed E-state index contributed by atoms with van der Waals surface area (Å²) in [5.41, 5.74) is 0.563. The molecule has 0 fully saturated rings. The first-order valence-corrected chi connectivity index (χ1v) is 8.09. The molecule has 1 aromatic carbocycles. The lowest BCUT2D eigenvalue weighted by Gasteiger charge is -2.18. The number of benzene rings is 1. The lowest BCUT2D eigenvalue weighted by Crippen LogP contribution is -2.29. The van der Waals surface area contributed by atoms with Crippen LogP contribution in [0.2, 0.25) is 0 Å². The van der Waals surface area contributed by atoms with Crippen molar-refractivity contribution in [1.29, 1.82) is 0 Å². The number of amides is 1. The van der Waals surface area contributed by atoms with Crippen molar-refractivity contribution in [2.75, 3.05) is 18.9 Å². The Morgan fingerprint density at radius 3 is 2.35 bits per heavy atom. The molecule has 1 atom stereocenters. The van der Waals surface area contributed by atoms with E-state index in [1.54, 1.807) is 12.1 Å². The lowest BCUT2D eigenvalue weighted by molar-refractivity contribution is -0.114. The molecule has 7 heteroatoms. The third-order valence-electron chi connectivity index (χ3n) is 2.72. The van der Waals surface area contributed by atoms with Crippen molar-refractivity contribution >= 4 is 33.2 Å². The Kier molecular flexibility index (Phi) is 5.98. The maximum absolute atomic E-state index is 12.3. The largest absolute Gasteiger partial charge is 0.326 e. The minimum atomic E-state index is -3.52. The molecule has 0 radical (unpaired) electrons. The minimum absolute atomic E-state index is 0.0743. The predicted octanol–water partition coefficient (Wildman–Crippen LogP) is 2.28. The van der Waals surface area contributed by atoms with Gasteiger partial charge < -0.3 is 5.32 Å². The highest BCUT2D eigenvalue weighted by molar-refractivity contribution is 7.89. The molecule has 0 saturated heterocycles. The Morgan fingerprint density at radius 1 is 1.35 bits per heavy atom. The highest BCUT2D eigenvalue weighted by atomic mass is 35.5. The van der Waals surface area contributed by atoms with E-state index in [0.29, 0.717) is 18.7 Å². The van der Waals surface area contributed by atoms with E-state index in [1.807, 2.05) is 6.92 Å². The van der Waals surface area contributed by atoms with Crippen LogP contribution in [0.25, 0.3) is 0 Å². The van der Waals surface area contributed by atoms with Gasteiger partial charge in [0.25, 0.3) is 0 Å². The van der Waals surface area contributed by atoms with Gasteiger partial charge in [-0.3, -0.25) is 4.79 Å². The van der Waals surface area contributed by atoms with E-state index in [4.69, 9.17) is 11.6 Å². The third kappa shape index (κ3) is 4.77. The highest BCUT2D eigenvalue weighted by Crippen LogP contribution is 2.18. The van der Waals surface area contributed by atoms with Gasteiger partial charge in [0.2, 0.25) is 15.9 Å². The quantitative estimate of drug-likeness (QED) is 0.818. The summed E-state index contributed by atoms with van der Waals surface area (Å²) in [5.74, 6) is -0.200. The number of carbonyl (C=O) groups excluding carboxylic acids is 1. The maximum atomic E-state index is 12.3. The summed E-state index contributed by atoms with van der Waals surface area (Å²) < 4.78 is 25.8. The number of carbonyl (C=O) groups is 1. The molecule has 0 aliphatic heterocycles. The van der Waals surface area contributed by atoms with Gasteiger partial charge >= 0.3 is 0 Å². The molecule has 112 valence electrons. The summed E-state index contributed by atoms with van der Waals surface area (Å²) in [6.45, 7) is 3.58. The number of hydrogen-bond donors (Lipinski definition) is 1. The van der Waals surface area contributed by atoms with Crippen molar-refractivity contribution in [3.8, 4) is 0 Å². The Morgan fingerprint density at radius 2 is 1.90 bits per heavy atom. The molecule has 1 amide bonds. The number of halogens is 1. The van der Waals surface area contributed by atoms with Crippen molar-refractivity contribution in [2.45, 2.75) is 30.5 Å². The standard InChI is InChI=1S/C13H19ClN2O3S/c1-10(14)8-9-16(3)20(18,19)13-6-4-12(5-7-13)15-11(2)17/h4-7,10H,8-9H2,1-3H3,(H,15,17). The molecular formula is C13H19ClN2O3S. The fourth-order valence-electron chi connectivity index (χ4n) is 1.57. The molecule has 0 bridgehead atoms. The van der Waals surface area contributed by atoms with Crippen LogP contribution in [-0.2, 0) is 14.8 Å². The number of sulfonamides is 1. The third-order valence-corrected chi connectivity index (χ3v) is 4.81. The highest BCUT2D eigenvalue weighted by Gasteiger charge is 2.20. The zero-order valence-electron chi connectivity index (χ0n) is 11.8. The van der Waals surface area contributed by atoms with Gasteiger partial charge in [-0.25, -0.2) is 12.7 Å². The molecule has 0 aliphatic rings. The van der Waals surface area contributed by atoms with Crippen LogP contribution < -0.4 is 5.32 Å². The van der Waals surface area contributed by atoms with Crippen LogP contribution in [0.3, 0.4) is 0 Å². The molecule has 1 N–H and O–H groups in total. The van der Waals surface area contributed by atoms with Crippen LogP contribution in [0.4, 0.5) is 5.69 Å². The first kappa shape index (κ1) is 16.9. The average Bonchev–Trinajstić information content (AvgIpc) is 2.35. The molecule has 0 aliphatic carbocycles. The van der Waals surface area contributed by atoms with Crippen molar-refractivity contribution in [3.05, 3.63) is 24.3 Å². The average molecular weight is 319 g/mol. The van der Waals surface area contributed by atoms with E-state index in [9.17, 15) is 13.2 Å². The Hall–Kier alpha value is -1.11. The van der Waals surface area contributed by atoms with E-state index in [1.165, 1.54) is 30.4 Å². The van der Waals surface area contributed by atoms with Crippen molar-refractivity contribution in [1.82, 2.24) is 4.31 Å². The summed E-state index contributed by atoms with van der Waals surface area (Å²) in [6, 6.07) is 6.07. The molecule has 0 spiro atoms. The van der Waals surface area contributed by atoms with Gasteiger partial charge in [-0.05, 0) is 37.6 Å². The van der Waals surface area contributed by atoms with Gasteiger partial charge in [0.1, 0.15) is 0 Å². The molecule has 20 heavy (non-hydrogen) atoms. The van der Waals surface area contributed by atoms with E-state index in [0.717, 1.165) is 0 Å². The molecule has 1 rings (SSSR count). The topological polar surface area (TPSA) is 66.5 Å². The SMILES string of the molecule is CC(=O)Nc1ccc(S(=O)(=O)N(C)CCC(C)Cl)cc1. The van der Waals surface area contributed by atoms with Crippen molar-refractivity contribution in [2.24, 2.45) is 0 Å². The zero-order valence-corrected chi connectivity index (χ0v) is 13.3. The fraction of sp³-hybridized carbons (Fsp3) is 0.462.